The van der Waals surface area contributed by atoms with E-state index in [9.17, 15) is 13.2 Å². The van der Waals surface area contributed by atoms with E-state index in [4.69, 9.17) is 0 Å². The largest absolute Gasteiger partial charge is 0.207 e. The Morgan fingerprint density at radius 2 is 1.33 bits per heavy atom. The quantitative estimate of drug-likeness (QED) is 0.461. The van der Waals surface area contributed by atoms with E-state index in [2.05, 4.69) is 0 Å². The van der Waals surface area contributed by atoms with E-state index in [0.29, 0.717) is 22.6 Å². The van der Waals surface area contributed by atoms with E-state index in [1.165, 1.54) is 6.42 Å². The van der Waals surface area contributed by atoms with Crippen LogP contribution in [0.1, 0.15) is 98.3 Å². The zero-order chi connectivity index (χ0) is 21.1. The minimum atomic E-state index is -0.600. The molecule has 0 radical (unpaired) electrons. The number of aryl methyl sites for hydroxylation is 2. The van der Waals surface area contributed by atoms with Crippen molar-refractivity contribution in [3.63, 3.8) is 0 Å². The molecule has 2 aliphatic carbocycles. The Labute approximate surface area is 178 Å². The van der Waals surface area contributed by atoms with Crippen molar-refractivity contribution >= 4 is 0 Å². The van der Waals surface area contributed by atoms with Crippen LogP contribution in [0.15, 0.2) is 30.3 Å². The first kappa shape index (κ1) is 21.5. The lowest BCUT2D eigenvalue weighted by Gasteiger charge is -2.30. The van der Waals surface area contributed by atoms with Gasteiger partial charge in [-0.25, -0.2) is 13.2 Å². The predicted molar refractivity (Wildman–Crippen MR) is 116 cm³/mol. The molecule has 162 valence electrons. The molecule has 30 heavy (non-hydrogen) atoms. The molecule has 0 bridgehead atoms. The second-order valence-electron chi connectivity index (χ2n) is 9.55. The molecule has 0 atom stereocenters. The molecule has 2 aliphatic rings. The van der Waals surface area contributed by atoms with Gasteiger partial charge >= 0.3 is 0 Å². The summed E-state index contributed by atoms with van der Waals surface area (Å²) in [5, 5.41) is 0. The van der Waals surface area contributed by atoms with Gasteiger partial charge in [-0.05, 0) is 104 Å². The number of benzene rings is 2. The zero-order valence-electron chi connectivity index (χ0n) is 18.0. The fraction of sp³-hybridized carbons (Fsp3) is 0.556. The number of halogens is 3. The monoisotopic (exact) mass is 414 g/mol. The molecule has 0 aliphatic heterocycles. The molecular formula is C27H33F3. The smallest absolute Gasteiger partial charge is 0.162 e. The summed E-state index contributed by atoms with van der Waals surface area (Å²) < 4.78 is 43.5. The molecule has 3 heteroatoms. The lowest BCUT2D eigenvalue weighted by Crippen LogP contribution is -2.16. The van der Waals surface area contributed by atoms with Crippen LogP contribution in [0.3, 0.4) is 0 Å². The maximum atomic E-state index is 14.9. The van der Waals surface area contributed by atoms with Crippen molar-refractivity contribution in [2.75, 3.05) is 0 Å². The standard InChI is InChI=1S/C27H33F3/c1-18-7-8-20(17-25(18)28)10-9-19-11-13-22(14-12-19)24-16-15-23(26(29)27(24)30)21-5-3-2-4-6-21/h7-8,15-17,19,21-22H,2-6,9-14H2,1H3. The molecule has 0 spiro atoms. The average molecular weight is 415 g/mol. The van der Waals surface area contributed by atoms with Gasteiger partial charge in [-0.2, -0.15) is 0 Å². The van der Waals surface area contributed by atoms with E-state index in [0.717, 1.165) is 69.8 Å². The normalized spacial score (nSPS) is 22.9. The van der Waals surface area contributed by atoms with Gasteiger partial charge in [-0.15, -0.1) is 0 Å². The summed E-state index contributed by atoms with van der Waals surface area (Å²) in [6.07, 6.45) is 11.2. The molecule has 0 N–H and O–H groups in total. The predicted octanol–water partition coefficient (Wildman–Crippen LogP) is 8.37. The molecule has 0 saturated heterocycles. The first-order valence-corrected chi connectivity index (χ1v) is 11.8. The van der Waals surface area contributed by atoms with Gasteiger partial charge in [0.2, 0.25) is 0 Å². The van der Waals surface area contributed by atoms with Crippen molar-refractivity contribution in [1.29, 1.82) is 0 Å². The Hall–Kier alpha value is -1.77. The lowest BCUT2D eigenvalue weighted by atomic mass is 9.76. The summed E-state index contributed by atoms with van der Waals surface area (Å²) in [6.45, 7) is 1.78. The molecule has 0 nitrogen and oxygen atoms in total. The van der Waals surface area contributed by atoms with E-state index in [-0.39, 0.29) is 17.7 Å². The summed E-state index contributed by atoms with van der Waals surface area (Å²) in [6, 6.07) is 9.23. The minimum absolute atomic E-state index is 0.118. The molecular weight excluding hydrogens is 381 g/mol. The highest BCUT2D eigenvalue weighted by Crippen LogP contribution is 2.41. The van der Waals surface area contributed by atoms with Crippen LogP contribution in [0.25, 0.3) is 0 Å². The van der Waals surface area contributed by atoms with Crippen LogP contribution in [-0.2, 0) is 6.42 Å². The maximum absolute atomic E-state index is 14.9. The van der Waals surface area contributed by atoms with E-state index < -0.39 is 11.6 Å². The Morgan fingerprint density at radius 3 is 1.93 bits per heavy atom. The SMILES string of the molecule is Cc1ccc(CCC2CCC(c3ccc(C4CCCCC4)c(F)c3F)CC2)cc1F. The summed E-state index contributed by atoms with van der Waals surface area (Å²) in [5.74, 6) is -0.442. The highest BCUT2D eigenvalue weighted by Gasteiger charge is 2.28. The molecule has 2 fully saturated rings. The highest BCUT2D eigenvalue weighted by atomic mass is 19.2. The van der Waals surface area contributed by atoms with Crippen molar-refractivity contribution < 1.29 is 13.2 Å². The van der Waals surface area contributed by atoms with Crippen molar-refractivity contribution in [3.8, 4) is 0 Å². The molecule has 2 aromatic rings. The van der Waals surface area contributed by atoms with Crippen LogP contribution >= 0.6 is 0 Å². The molecule has 2 aromatic carbocycles. The van der Waals surface area contributed by atoms with Gasteiger partial charge < -0.3 is 0 Å². The van der Waals surface area contributed by atoms with Gasteiger partial charge in [0.15, 0.2) is 11.6 Å². The van der Waals surface area contributed by atoms with Crippen LogP contribution in [0.5, 0.6) is 0 Å². The Bertz CT molecular complexity index is 859. The van der Waals surface area contributed by atoms with Gasteiger partial charge in [0.1, 0.15) is 5.82 Å². The molecule has 4 rings (SSSR count). The Morgan fingerprint density at radius 1 is 0.733 bits per heavy atom. The van der Waals surface area contributed by atoms with Crippen LogP contribution in [0.2, 0.25) is 0 Å². The van der Waals surface area contributed by atoms with E-state index in [1.807, 2.05) is 24.3 Å². The molecule has 0 aromatic heterocycles. The lowest BCUT2D eigenvalue weighted by molar-refractivity contribution is 0.304. The third-order valence-electron chi connectivity index (χ3n) is 7.55. The average Bonchev–Trinajstić information content (AvgIpc) is 2.77. The summed E-state index contributed by atoms with van der Waals surface area (Å²) in [7, 11) is 0. The van der Waals surface area contributed by atoms with Crippen molar-refractivity contribution in [2.24, 2.45) is 5.92 Å². The van der Waals surface area contributed by atoms with Crippen LogP contribution < -0.4 is 0 Å². The van der Waals surface area contributed by atoms with Crippen LogP contribution in [0.4, 0.5) is 13.2 Å². The minimum Gasteiger partial charge on any atom is -0.207 e. The van der Waals surface area contributed by atoms with Gasteiger partial charge in [0.25, 0.3) is 0 Å². The fourth-order valence-corrected chi connectivity index (χ4v) is 5.55. The van der Waals surface area contributed by atoms with Crippen molar-refractivity contribution in [3.05, 3.63) is 70.0 Å². The fourth-order valence-electron chi connectivity index (χ4n) is 5.55. The molecule has 0 amide bonds. The Kier molecular flexibility index (Phi) is 6.85. The third-order valence-corrected chi connectivity index (χ3v) is 7.55. The highest BCUT2D eigenvalue weighted by molar-refractivity contribution is 5.32. The number of rotatable bonds is 5. The van der Waals surface area contributed by atoms with Gasteiger partial charge in [-0.3, -0.25) is 0 Å². The third kappa shape index (κ3) is 4.76. The molecule has 0 unspecified atom stereocenters. The van der Waals surface area contributed by atoms with Gasteiger partial charge in [-0.1, -0.05) is 43.5 Å². The first-order valence-electron chi connectivity index (χ1n) is 11.8. The maximum Gasteiger partial charge on any atom is 0.162 e. The second kappa shape index (κ2) is 9.58. The van der Waals surface area contributed by atoms with Crippen LogP contribution in [-0.4, -0.2) is 0 Å². The molecule has 0 heterocycles. The Balaban J connectivity index is 1.34. The number of hydrogen-bond acceptors (Lipinski definition) is 0. The zero-order valence-corrected chi connectivity index (χ0v) is 18.0. The van der Waals surface area contributed by atoms with Crippen molar-refractivity contribution in [2.45, 2.75) is 89.4 Å². The van der Waals surface area contributed by atoms with Gasteiger partial charge in [0, 0.05) is 0 Å². The summed E-state index contributed by atoms with van der Waals surface area (Å²) >= 11 is 0. The molecule has 2 saturated carbocycles. The van der Waals surface area contributed by atoms with Crippen LogP contribution in [0, 0.1) is 30.3 Å². The topological polar surface area (TPSA) is 0 Å². The van der Waals surface area contributed by atoms with Crippen molar-refractivity contribution in [1.82, 2.24) is 0 Å². The van der Waals surface area contributed by atoms with Gasteiger partial charge in [0.05, 0.1) is 0 Å². The second-order valence-corrected chi connectivity index (χ2v) is 9.55. The summed E-state index contributed by atoms with van der Waals surface area (Å²) in [4.78, 5) is 0. The van der Waals surface area contributed by atoms with E-state index in [1.54, 1.807) is 13.0 Å². The van der Waals surface area contributed by atoms with E-state index >= 15 is 0 Å². The number of hydrogen-bond donors (Lipinski definition) is 0. The summed E-state index contributed by atoms with van der Waals surface area (Å²) in [5.41, 5.74) is 2.90. The first-order chi connectivity index (χ1) is 14.5.